The van der Waals surface area contributed by atoms with Crippen molar-refractivity contribution in [3.8, 4) is 0 Å². The van der Waals surface area contributed by atoms with Gasteiger partial charge in [0.15, 0.2) is 0 Å². The van der Waals surface area contributed by atoms with Crippen molar-refractivity contribution in [3.05, 3.63) is 34.9 Å². The van der Waals surface area contributed by atoms with Crippen molar-refractivity contribution in [2.75, 3.05) is 19.8 Å². The number of benzene rings is 1. The summed E-state index contributed by atoms with van der Waals surface area (Å²) >= 11 is 0. The Morgan fingerprint density at radius 3 is 2.30 bits per heavy atom. The van der Waals surface area contributed by atoms with Gasteiger partial charge in [-0.1, -0.05) is 26.3 Å². The van der Waals surface area contributed by atoms with Gasteiger partial charge in [-0.3, -0.25) is 4.79 Å². The minimum atomic E-state index is -4.44. The number of aliphatic hydroxyl groups excluding tert-OH is 1. The lowest BCUT2D eigenvalue weighted by Gasteiger charge is -2.37. The maximum Gasteiger partial charge on any atom is 0.416 e. The van der Waals surface area contributed by atoms with Crippen molar-refractivity contribution >= 4 is 5.91 Å². The molecule has 33 heavy (non-hydrogen) atoms. The highest BCUT2D eigenvalue weighted by Crippen LogP contribution is 2.36. The highest BCUT2D eigenvalue weighted by atomic mass is 19.4. The second-order valence-electron chi connectivity index (χ2n) is 9.45. The molecule has 2 heterocycles. The van der Waals surface area contributed by atoms with Gasteiger partial charge in [0.1, 0.15) is 0 Å². The Kier molecular flexibility index (Phi) is 9.18. The molecule has 8 heteroatoms. The van der Waals surface area contributed by atoms with Crippen LogP contribution in [0.1, 0.15) is 81.6 Å². The number of carbonyl (C=O) groups is 1. The summed E-state index contributed by atoms with van der Waals surface area (Å²) in [6.07, 6.45) is 1.25. The van der Waals surface area contributed by atoms with E-state index in [9.17, 15) is 23.1 Å². The molecule has 186 valence electrons. The molecule has 0 spiro atoms. The molecule has 5 nitrogen and oxygen atoms in total. The van der Waals surface area contributed by atoms with Gasteiger partial charge < -0.3 is 20.1 Å². The minimum Gasteiger partial charge on any atom is -0.387 e. The number of aliphatic hydroxyl groups is 1. The molecule has 1 aliphatic carbocycles. The van der Waals surface area contributed by atoms with E-state index in [1.54, 1.807) is 0 Å². The fourth-order valence-electron chi connectivity index (χ4n) is 4.95. The largest absolute Gasteiger partial charge is 0.416 e. The summed E-state index contributed by atoms with van der Waals surface area (Å²) in [6, 6.07) is 4.27. The second-order valence-corrected chi connectivity index (χ2v) is 9.45. The van der Waals surface area contributed by atoms with Crippen molar-refractivity contribution in [1.82, 2.24) is 10.2 Å². The summed E-state index contributed by atoms with van der Waals surface area (Å²) in [5.41, 5.74) is 0.116. The fraction of sp³-hybridized carbons (Fsp3) is 0.720. The van der Waals surface area contributed by atoms with Crippen molar-refractivity contribution in [2.24, 2.45) is 5.92 Å². The first-order valence-electron chi connectivity index (χ1n) is 12.2. The predicted molar refractivity (Wildman–Crippen MR) is 121 cm³/mol. The Bertz CT molecular complexity index is 773. The third-order valence-electron chi connectivity index (χ3n) is 6.66. The molecule has 1 atom stereocenters. The quantitative estimate of drug-likeness (QED) is 0.665. The molecular weight excluding hydrogens is 433 g/mol. The number of fused-ring (bicyclic) bond motifs is 1. The topological polar surface area (TPSA) is 61.8 Å². The van der Waals surface area contributed by atoms with E-state index in [2.05, 4.69) is 19.2 Å². The molecule has 0 aromatic heterocycles. The average Bonchev–Trinajstić information content (AvgIpc) is 2.79. The summed E-state index contributed by atoms with van der Waals surface area (Å²) in [6.45, 7) is 6.09. The lowest BCUT2D eigenvalue weighted by Crippen LogP contribution is -2.46. The molecule has 0 bridgehead atoms. The van der Waals surface area contributed by atoms with E-state index in [1.807, 2.05) is 0 Å². The number of alkyl halides is 3. The zero-order chi connectivity index (χ0) is 24.0. The molecule has 3 aliphatic rings. The van der Waals surface area contributed by atoms with Gasteiger partial charge in [-0.15, -0.1) is 0 Å². The summed E-state index contributed by atoms with van der Waals surface area (Å²) in [5.74, 6) is -0.182. The number of nitrogens with one attached hydrogen (secondary N) is 1. The van der Waals surface area contributed by atoms with Crippen LogP contribution < -0.4 is 5.32 Å². The zero-order valence-corrected chi connectivity index (χ0v) is 19.7. The van der Waals surface area contributed by atoms with Crippen LogP contribution in [0.5, 0.6) is 0 Å². The van der Waals surface area contributed by atoms with Gasteiger partial charge in [0, 0.05) is 37.8 Å². The van der Waals surface area contributed by atoms with Gasteiger partial charge in [0.2, 0.25) is 5.91 Å². The van der Waals surface area contributed by atoms with E-state index < -0.39 is 17.8 Å². The van der Waals surface area contributed by atoms with Gasteiger partial charge in [0.25, 0.3) is 0 Å². The molecule has 1 amide bonds. The standard InChI is InChI=1S/C22H29F3N2O3.C3H8/c23-22(24,25)16-3-6-19-15(11-16)12-27(13-20(19)28)21(29)14-1-4-17(5-2-14)26-18-7-9-30-10-8-18;1-3-2/h3,6,11,14,17-18,20,26,28H,1-2,4-5,7-10,12-13H2;3H2,1-2H3. The number of hydrogen-bond donors (Lipinski definition) is 2. The predicted octanol–water partition coefficient (Wildman–Crippen LogP) is 4.82. The van der Waals surface area contributed by atoms with Gasteiger partial charge in [-0.05, 0) is 61.8 Å². The lowest BCUT2D eigenvalue weighted by atomic mass is 9.84. The molecule has 2 aliphatic heterocycles. The molecule has 1 saturated heterocycles. The van der Waals surface area contributed by atoms with Gasteiger partial charge in [-0.25, -0.2) is 0 Å². The second kappa shape index (κ2) is 11.7. The highest BCUT2D eigenvalue weighted by Gasteiger charge is 2.36. The number of β-amino-alcohol motifs (C(OH)–C–C–N with tert-alkyl or cyclic N) is 1. The van der Waals surface area contributed by atoms with Crippen LogP contribution in [0, 0.1) is 5.92 Å². The summed E-state index contributed by atoms with van der Waals surface area (Å²) in [4.78, 5) is 14.6. The lowest BCUT2D eigenvalue weighted by molar-refractivity contribution is -0.139. The molecule has 1 aromatic carbocycles. The molecule has 1 saturated carbocycles. The van der Waals surface area contributed by atoms with E-state index >= 15 is 0 Å². The van der Waals surface area contributed by atoms with Crippen LogP contribution in [0.4, 0.5) is 13.2 Å². The fourth-order valence-corrected chi connectivity index (χ4v) is 4.95. The van der Waals surface area contributed by atoms with Gasteiger partial charge in [-0.2, -0.15) is 13.2 Å². The van der Waals surface area contributed by atoms with Gasteiger partial charge >= 0.3 is 6.18 Å². The monoisotopic (exact) mass is 470 g/mol. The van der Waals surface area contributed by atoms with Crippen molar-refractivity contribution in [1.29, 1.82) is 0 Å². The normalized spacial score (nSPS) is 26.2. The number of amides is 1. The summed E-state index contributed by atoms with van der Waals surface area (Å²) < 4.78 is 44.5. The van der Waals surface area contributed by atoms with Gasteiger partial charge in [0.05, 0.1) is 18.2 Å². The van der Waals surface area contributed by atoms with Crippen LogP contribution in [0.3, 0.4) is 0 Å². The maximum absolute atomic E-state index is 13.1. The molecule has 2 fully saturated rings. The first kappa shape index (κ1) is 26.0. The van der Waals surface area contributed by atoms with Crippen molar-refractivity contribution in [3.63, 3.8) is 0 Å². The first-order chi connectivity index (χ1) is 15.7. The number of halogens is 3. The molecule has 1 aromatic rings. The third kappa shape index (κ3) is 6.93. The van der Waals surface area contributed by atoms with E-state index in [1.165, 1.54) is 17.4 Å². The number of rotatable bonds is 3. The third-order valence-corrected chi connectivity index (χ3v) is 6.66. The van der Waals surface area contributed by atoms with E-state index in [0.29, 0.717) is 23.2 Å². The van der Waals surface area contributed by atoms with Crippen LogP contribution in [0.2, 0.25) is 0 Å². The molecule has 0 radical (unpaired) electrons. The minimum absolute atomic E-state index is 0.0540. The zero-order valence-electron chi connectivity index (χ0n) is 19.7. The number of nitrogens with zero attached hydrogens (tertiary/aromatic N) is 1. The molecular formula is C25H37F3N2O3. The molecule has 1 unspecified atom stereocenters. The van der Waals surface area contributed by atoms with Crippen LogP contribution >= 0.6 is 0 Å². The average molecular weight is 471 g/mol. The Morgan fingerprint density at radius 1 is 1.09 bits per heavy atom. The number of hydrogen-bond acceptors (Lipinski definition) is 4. The Hall–Kier alpha value is -1.64. The maximum atomic E-state index is 13.1. The highest BCUT2D eigenvalue weighted by molar-refractivity contribution is 5.79. The number of carbonyl (C=O) groups excluding carboxylic acids is 1. The smallest absolute Gasteiger partial charge is 0.387 e. The van der Waals surface area contributed by atoms with Crippen LogP contribution in [-0.2, 0) is 22.3 Å². The van der Waals surface area contributed by atoms with Crippen LogP contribution in [-0.4, -0.2) is 47.8 Å². The first-order valence-corrected chi connectivity index (χ1v) is 12.2. The number of ether oxygens (including phenoxy) is 1. The van der Waals surface area contributed by atoms with Crippen molar-refractivity contribution < 1.29 is 27.8 Å². The van der Waals surface area contributed by atoms with Crippen LogP contribution in [0.15, 0.2) is 18.2 Å². The Labute approximate surface area is 194 Å². The summed E-state index contributed by atoms with van der Waals surface area (Å²) in [5, 5.41) is 14.1. The van der Waals surface area contributed by atoms with Crippen molar-refractivity contribution in [2.45, 2.75) is 89.7 Å². The van der Waals surface area contributed by atoms with Crippen LogP contribution in [0.25, 0.3) is 0 Å². The van der Waals surface area contributed by atoms with E-state index in [-0.39, 0.29) is 24.9 Å². The van der Waals surface area contributed by atoms with E-state index in [4.69, 9.17) is 4.74 Å². The van der Waals surface area contributed by atoms with E-state index in [0.717, 1.165) is 63.9 Å². The molecule has 4 rings (SSSR count). The SMILES string of the molecule is CCC.O=C(C1CCC(NC2CCOCC2)CC1)N1Cc2cc(C(F)(F)F)ccc2C(O)C1. The Morgan fingerprint density at radius 2 is 1.70 bits per heavy atom. The molecule has 2 N–H and O–H groups in total. The summed E-state index contributed by atoms with van der Waals surface area (Å²) in [7, 11) is 0. The Balaban J connectivity index is 0.000000968.